The SMILES string of the molecule is O=C(Cc1cc2ccccc2oc1=O)NC1CCN(Cc2ccc(OC3CCNCC3)c(Br)c2)CC1. The third-order valence-electron chi connectivity index (χ3n) is 7.00. The van der Waals surface area contributed by atoms with Crippen molar-refractivity contribution >= 4 is 32.8 Å². The second-order valence-corrected chi connectivity index (χ2v) is 10.6. The number of benzene rings is 2. The lowest BCUT2D eigenvalue weighted by Gasteiger charge is -2.32. The number of ether oxygens (including phenoxy) is 1. The van der Waals surface area contributed by atoms with Gasteiger partial charge in [0.05, 0.1) is 10.9 Å². The van der Waals surface area contributed by atoms with Gasteiger partial charge in [-0.1, -0.05) is 24.3 Å². The van der Waals surface area contributed by atoms with Crippen LogP contribution in [0.15, 0.2) is 62.2 Å². The number of hydrogen-bond donors (Lipinski definition) is 2. The molecule has 0 saturated carbocycles. The van der Waals surface area contributed by atoms with Gasteiger partial charge in [-0.15, -0.1) is 0 Å². The summed E-state index contributed by atoms with van der Waals surface area (Å²) < 4.78 is 12.5. The molecular formula is C28H32BrN3O4. The zero-order chi connectivity index (χ0) is 24.9. The van der Waals surface area contributed by atoms with Crippen molar-refractivity contribution in [2.24, 2.45) is 0 Å². The third-order valence-corrected chi connectivity index (χ3v) is 7.62. The van der Waals surface area contributed by atoms with E-state index in [1.807, 2.05) is 18.2 Å². The number of likely N-dealkylation sites (tertiary alicyclic amines) is 1. The van der Waals surface area contributed by atoms with Crippen LogP contribution < -0.4 is 21.0 Å². The number of halogens is 1. The van der Waals surface area contributed by atoms with Crippen LogP contribution in [0.5, 0.6) is 5.75 Å². The first-order chi connectivity index (χ1) is 17.5. The van der Waals surface area contributed by atoms with Crippen molar-refractivity contribution in [1.29, 1.82) is 0 Å². The standard InChI is InChI=1S/C28H32BrN3O4/c29-24-15-19(5-6-26(24)35-23-7-11-30-12-8-23)18-32-13-9-22(10-14-32)31-27(33)17-21-16-20-3-1-2-4-25(20)36-28(21)34/h1-6,15-16,22-23,30H,7-14,17-18H2,(H,31,33). The summed E-state index contributed by atoms with van der Waals surface area (Å²) in [5.74, 6) is 0.775. The Bertz CT molecular complexity index is 1260. The number of carbonyl (C=O) groups excluding carboxylic acids is 1. The van der Waals surface area contributed by atoms with Gasteiger partial charge in [-0.2, -0.15) is 0 Å². The first-order valence-corrected chi connectivity index (χ1v) is 13.5. The second kappa shape index (κ2) is 11.6. The normalized spacial score (nSPS) is 17.8. The zero-order valence-corrected chi connectivity index (χ0v) is 21.9. The fourth-order valence-electron chi connectivity index (χ4n) is 5.00. The van der Waals surface area contributed by atoms with Gasteiger partial charge < -0.3 is 19.8 Å². The van der Waals surface area contributed by atoms with Gasteiger partial charge in [0.2, 0.25) is 5.91 Å². The highest BCUT2D eigenvalue weighted by Gasteiger charge is 2.22. The van der Waals surface area contributed by atoms with Crippen LogP contribution in [0.4, 0.5) is 0 Å². The molecule has 5 rings (SSSR count). The van der Waals surface area contributed by atoms with Crippen molar-refractivity contribution in [3.8, 4) is 5.75 Å². The fraction of sp³-hybridized carbons (Fsp3) is 0.429. The molecule has 2 fully saturated rings. The molecule has 2 aliphatic rings. The smallest absolute Gasteiger partial charge is 0.339 e. The topological polar surface area (TPSA) is 83.8 Å². The van der Waals surface area contributed by atoms with E-state index in [9.17, 15) is 9.59 Å². The monoisotopic (exact) mass is 553 g/mol. The minimum Gasteiger partial charge on any atom is -0.489 e. The molecule has 0 unspecified atom stereocenters. The molecule has 8 heteroatoms. The molecule has 36 heavy (non-hydrogen) atoms. The summed E-state index contributed by atoms with van der Waals surface area (Å²) in [6, 6.07) is 15.6. The van der Waals surface area contributed by atoms with Crippen LogP contribution in [-0.4, -0.2) is 49.1 Å². The molecule has 0 aliphatic carbocycles. The first-order valence-electron chi connectivity index (χ1n) is 12.7. The van der Waals surface area contributed by atoms with Gasteiger partial charge in [-0.3, -0.25) is 9.69 Å². The minimum absolute atomic E-state index is 0.0349. The molecule has 190 valence electrons. The maximum atomic E-state index is 12.6. The molecule has 1 aromatic heterocycles. The molecule has 0 spiro atoms. The maximum Gasteiger partial charge on any atom is 0.339 e. The molecule has 3 heterocycles. The Labute approximate surface area is 219 Å². The van der Waals surface area contributed by atoms with Crippen molar-refractivity contribution in [3.63, 3.8) is 0 Å². The molecule has 0 atom stereocenters. The number of nitrogens with one attached hydrogen (secondary N) is 2. The van der Waals surface area contributed by atoms with Crippen LogP contribution in [-0.2, 0) is 17.8 Å². The van der Waals surface area contributed by atoms with E-state index < -0.39 is 5.63 Å². The van der Waals surface area contributed by atoms with E-state index >= 15 is 0 Å². The summed E-state index contributed by atoms with van der Waals surface area (Å²) in [5.41, 5.74) is 1.72. The molecule has 2 aromatic carbocycles. The minimum atomic E-state index is -0.447. The molecule has 0 radical (unpaired) electrons. The number of fused-ring (bicyclic) bond motifs is 1. The summed E-state index contributed by atoms with van der Waals surface area (Å²) in [7, 11) is 0. The lowest BCUT2D eigenvalue weighted by Crippen LogP contribution is -2.45. The van der Waals surface area contributed by atoms with E-state index in [1.54, 1.807) is 12.1 Å². The summed E-state index contributed by atoms with van der Waals surface area (Å²) in [6.45, 7) is 4.71. The highest BCUT2D eigenvalue weighted by atomic mass is 79.9. The van der Waals surface area contributed by atoms with Crippen molar-refractivity contribution < 1.29 is 13.9 Å². The van der Waals surface area contributed by atoms with Crippen LogP contribution in [0, 0.1) is 0 Å². The Morgan fingerprint density at radius 3 is 2.64 bits per heavy atom. The Morgan fingerprint density at radius 1 is 1.08 bits per heavy atom. The van der Waals surface area contributed by atoms with Gasteiger partial charge in [0, 0.05) is 36.6 Å². The maximum absolute atomic E-state index is 12.6. The molecule has 0 bridgehead atoms. The number of hydrogen-bond acceptors (Lipinski definition) is 6. The highest BCUT2D eigenvalue weighted by molar-refractivity contribution is 9.10. The quantitative estimate of drug-likeness (QED) is 0.430. The van der Waals surface area contributed by atoms with E-state index in [4.69, 9.17) is 9.15 Å². The van der Waals surface area contributed by atoms with E-state index in [-0.39, 0.29) is 24.5 Å². The Balaban J connectivity index is 1.09. The number of piperidine rings is 2. The summed E-state index contributed by atoms with van der Waals surface area (Å²) in [5, 5.41) is 7.30. The lowest BCUT2D eigenvalue weighted by molar-refractivity contribution is -0.121. The number of amides is 1. The molecule has 3 aromatic rings. The summed E-state index contributed by atoms with van der Waals surface area (Å²) >= 11 is 3.69. The first kappa shape index (κ1) is 25.0. The molecule has 2 N–H and O–H groups in total. The van der Waals surface area contributed by atoms with E-state index in [0.717, 1.165) is 74.0 Å². The Kier molecular flexibility index (Phi) is 8.04. The van der Waals surface area contributed by atoms with Gasteiger partial charge >= 0.3 is 5.63 Å². The van der Waals surface area contributed by atoms with Crippen LogP contribution >= 0.6 is 15.9 Å². The summed E-state index contributed by atoms with van der Waals surface area (Å²) in [6.07, 6.45) is 4.16. The van der Waals surface area contributed by atoms with Crippen molar-refractivity contribution in [3.05, 3.63) is 74.6 Å². The van der Waals surface area contributed by atoms with E-state index in [0.29, 0.717) is 11.1 Å². The molecule has 1 amide bonds. The average molecular weight is 554 g/mol. The van der Waals surface area contributed by atoms with Crippen LogP contribution in [0.3, 0.4) is 0 Å². The lowest BCUT2D eigenvalue weighted by atomic mass is 10.0. The predicted molar refractivity (Wildman–Crippen MR) is 143 cm³/mol. The van der Waals surface area contributed by atoms with Gasteiger partial charge in [0.25, 0.3) is 0 Å². The number of nitrogens with zero attached hydrogens (tertiary/aromatic N) is 1. The zero-order valence-electron chi connectivity index (χ0n) is 20.3. The van der Waals surface area contributed by atoms with Gasteiger partial charge in [-0.05, 0) is 84.5 Å². The predicted octanol–water partition coefficient (Wildman–Crippen LogP) is 4.01. The van der Waals surface area contributed by atoms with Crippen molar-refractivity contribution in [2.75, 3.05) is 26.2 Å². The van der Waals surface area contributed by atoms with Crippen molar-refractivity contribution in [2.45, 2.75) is 50.8 Å². The number of carbonyl (C=O) groups is 1. The summed E-state index contributed by atoms with van der Waals surface area (Å²) in [4.78, 5) is 27.3. The molecule has 7 nitrogen and oxygen atoms in total. The van der Waals surface area contributed by atoms with Gasteiger partial charge in [0.15, 0.2) is 0 Å². The fourth-order valence-corrected chi connectivity index (χ4v) is 5.52. The largest absolute Gasteiger partial charge is 0.489 e. The third kappa shape index (κ3) is 6.35. The van der Waals surface area contributed by atoms with E-state index in [1.165, 1.54) is 5.56 Å². The molecule has 2 saturated heterocycles. The second-order valence-electron chi connectivity index (χ2n) is 9.72. The van der Waals surface area contributed by atoms with Crippen LogP contribution in [0.1, 0.15) is 36.8 Å². The molecule has 2 aliphatic heterocycles. The average Bonchev–Trinajstić information content (AvgIpc) is 2.88. The Morgan fingerprint density at radius 2 is 1.86 bits per heavy atom. The van der Waals surface area contributed by atoms with Crippen LogP contribution in [0.2, 0.25) is 0 Å². The van der Waals surface area contributed by atoms with Crippen LogP contribution in [0.25, 0.3) is 11.0 Å². The number of rotatable bonds is 7. The van der Waals surface area contributed by atoms with Gasteiger partial charge in [-0.25, -0.2) is 4.79 Å². The van der Waals surface area contributed by atoms with Gasteiger partial charge in [0.1, 0.15) is 17.4 Å². The highest BCUT2D eigenvalue weighted by Crippen LogP contribution is 2.29. The number of para-hydroxylation sites is 1. The van der Waals surface area contributed by atoms with E-state index in [2.05, 4.69) is 49.7 Å². The Hall–Kier alpha value is -2.68. The van der Waals surface area contributed by atoms with Crippen molar-refractivity contribution in [1.82, 2.24) is 15.5 Å². The molecular weight excluding hydrogens is 522 g/mol.